The van der Waals surface area contributed by atoms with E-state index in [1.54, 1.807) is 6.20 Å². The van der Waals surface area contributed by atoms with E-state index in [0.717, 1.165) is 43.2 Å². The standard InChI is InChI=1S/C15H18N2O2/c1-10-13(8-17-9-14(10)7-16)6-11-2-4-12(5-3-11)15(18)19/h8-9,11-12H,2-6H2,1H3,(H,18,19)/t11-,12-. The molecule has 1 aromatic heterocycles. The van der Waals surface area contributed by atoms with Gasteiger partial charge in [-0.1, -0.05) is 0 Å². The number of carboxylic acid groups (broad SMARTS) is 1. The van der Waals surface area contributed by atoms with Gasteiger partial charge in [0.1, 0.15) is 6.07 Å². The molecular formula is C15H18N2O2. The molecule has 4 nitrogen and oxygen atoms in total. The van der Waals surface area contributed by atoms with Gasteiger partial charge in [-0.2, -0.15) is 5.26 Å². The van der Waals surface area contributed by atoms with Crippen LogP contribution in [0, 0.1) is 30.1 Å². The Morgan fingerprint density at radius 2 is 2.11 bits per heavy atom. The van der Waals surface area contributed by atoms with Crippen molar-refractivity contribution in [2.75, 3.05) is 0 Å². The average Bonchev–Trinajstić information content (AvgIpc) is 2.42. The van der Waals surface area contributed by atoms with Crippen LogP contribution in [0.1, 0.15) is 42.4 Å². The molecule has 0 amide bonds. The SMILES string of the molecule is Cc1c(C#N)cncc1C[C@H]1CC[C@H](C(=O)O)CC1. The van der Waals surface area contributed by atoms with Crippen LogP contribution in [0.25, 0.3) is 0 Å². The molecule has 19 heavy (non-hydrogen) atoms. The summed E-state index contributed by atoms with van der Waals surface area (Å²) in [4.78, 5) is 15.0. The second kappa shape index (κ2) is 5.83. The Balaban J connectivity index is 2.00. The van der Waals surface area contributed by atoms with Gasteiger partial charge in [0.2, 0.25) is 0 Å². The third-order valence-electron chi connectivity index (χ3n) is 4.14. The number of rotatable bonds is 3. The lowest BCUT2D eigenvalue weighted by atomic mass is 9.79. The average molecular weight is 258 g/mol. The minimum absolute atomic E-state index is 0.166. The maximum atomic E-state index is 10.9. The normalized spacial score (nSPS) is 22.7. The van der Waals surface area contributed by atoms with Gasteiger partial charge < -0.3 is 5.11 Å². The largest absolute Gasteiger partial charge is 0.481 e. The molecule has 100 valence electrons. The topological polar surface area (TPSA) is 74.0 Å². The molecule has 0 unspecified atom stereocenters. The van der Waals surface area contributed by atoms with E-state index in [4.69, 9.17) is 10.4 Å². The molecule has 0 saturated heterocycles. The smallest absolute Gasteiger partial charge is 0.306 e. The van der Waals surface area contributed by atoms with Crippen molar-refractivity contribution in [1.82, 2.24) is 4.98 Å². The second-order valence-electron chi connectivity index (χ2n) is 5.34. The summed E-state index contributed by atoms with van der Waals surface area (Å²) >= 11 is 0. The highest BCUT2D eigenvalue weighted by Gasteiger charge is 2.26. The van der Waals surface area contributed by atoms with Crippen molar-refractivity contribution in [3.8, 4) is 6.07 Å². The van der Waals surface area contributed by atoms with Crippen molar-refractivity contribution in [2.24, 2.45) is 11.8 Å². The molecular weight excluding hydrogens is 240 g/mol. The lowest BCUT2D eigenvalue weighted by Crippen LogP contribution is -2.22. The van der Waals surface area contributed by atoms with Gasteiger partial charge in [-0.05, 0) is 56.1 Å². The number of aliphatic carboxylic acids is 1. The van der Waals surface area contributed by atoms with Gasteiger partial charge in [0, 0.05) is 12.4 Å². The summed E-state index contributed by atoms with van der Waals surface area (Å²) in [5.41, 5.74) is 2.77. The zero-order valence-electron chi connectivity index (χ0n) is 11.1. The molecule has 1 aromatic rings. The highest BCUT2D eigenvalue weighted by Crippen LogP contribution is 2.31. The number of hydrogen-bond acceptors (Lipinski definition) is 3. The number of carbonyl (C=O) groups is 1. The Morgan fingerprint density at radius 3 is 2.68 bits per heavy atom. The maximum absolute atomic E-state index is 10.9. The molecule has 1 aliphatic rings. The number of aromatic nitrogens is 1. The number of pyridine rings is 1. The number of nitriles is 1. The van der Waals surface area contributed by atoms with E-state index in [-0.39, 0.29) is 5.92 Å². The molecule has 1 heterocycles. The Morgan fingerprint density at radius 1 is 1.42 bits per heavy atom. The van der Waals surface area contributed by atoms with Gasteiger partial charge >= 0.3 is 5.97 Å². The number of hydrogen-bond donors (Lipinski definition) is 1. The van der Waals surface area contributed by atoms with Crippen molar-refractivity contribution in [3.05, 3.63) is 29.1 Å². The van der Waals surface area contributed by atoms with Crippen molar-refractivity contribution >= 4 is 5.97 Å². The Labute approximate surface area is 113 Å². The summed E-state index contributed by atoms with van der Waals surface area (Å²) in [6.07, 6.45) is 7.77. The molecule has 1 aliphatic carbocycles. The quantitative estimate of drug-likeness (QED) is 0.904. The van der Waals surface area contributed by atoms with Crippen LogP contribution < -0.4 is 0 Å². The molecule has 0 aliphatic heterocycles. The van der Waals surface area contributed by atoms with Gasteiger partial charge in [0.25, 0.3) is 0 Å². The highest BCUT2D eigenvalue weighted by molar-refractivity contribution is 5.70. The monoisotopic (exact) mass is 258 g/mol. The molecule has 0 aromatic carbocycles. The van der Waals surface area contributed by atoms with Crippen LogP contribution in [0.3, 0.4) is 0 Å². The zero-order valence-corrected chi connectivity index (χ0v) is 11.1. The Hall–Kier alpha value is -1.89. The third-order valence-corrected chi connectivity index (χ3v) is 4.14. The Kier molecular flexibility index (Phi) is 4.16. The molecule has 0 atom stereocenters. The predicted octanol–water partition coefficient (Wildman–Crippen LogP) is 2.70. The van der Waals surface area contributed by atoms with E-state index in [9.17, 15) is 4.79 Å². The van der Waals surface area contributed by atoms with Gasteiger partial charge in [0.05, 0.1) is 11.5 Å². The lowest BCUT2D eigenvalue weighted by Gasteiger charge is -2.26. The van der Waals surface area contributed by atoms with Crippen LogP contribution in [0.4, 0.5) is 0 Å². The molecule has 1 N–H and O–H groups in total. The molecule has 0 radical (unpaired) electrons. The minimum atomic E-state index is -0.664. The summed E-state index contributed by atoms with van der Waals surface area (Å²) in [7, 11) is 0. The lowest BCUT2D eigenvalue weighted by molar-refractivity contribution is -0.143. The Bertz CT molecular complexity index is 511. The summed E-state index contributed by atoms with van der Waals surface area (Å²) in [6, 6.07) is 2.15. The molecule has 1 saturated carbocycles. The first kappa shape index (κ1) is 13.5. The number of nitrogens with zero attached hydrogens (tertiary/aromatic N) is 2. The summed E-state index contributed by atoms with van der Waals surface area (Å²) in [5, 5.41) is 18.0. The van der Waals surface area contributed by atoms with Crippen molar-refractivity contribution < 1.29 is 9.90 Å². The second-order valence-corrected chi connectivity index (χ2v) is 5.34. The fourth-order valence-corrected chi connectivity index (χ4v) is 2.81. The molecule has 0 bridgehead atoms. The molecule has 4 heteroatoms. The van der Waals surface area contributed by atoms with E-state index < -0.39 is 5.97 Å². The van der Waals surface area contributed by atoms with Crippen LogP contribution in [0.2, 0.25) is 0 Å². The van der Waals surface area contributed by atoms with Crippen molar-refractivity contribution in [2.45, 2.75) is 39.0 Å². The third kappa shape index (κ3) is 3.11. The van der Waals surface area contributed by atoms with Crippen LogP contribution in [0.15, 0.2) is 12.4 Å². The van der Waals surface area contributed by atoms with E-state index in [1.165, 1.54) is 0 Å². The molecule has 0 spiro atoms. The van der Waals surface area contributed by atoms with Crippen molar-refractivity contribution in [1.29, 1.82) is 5.26 Å². The first-order valence-electron chi connectivity index (χ1n) is 6.68. The van der Waals surface area contributed by atoms with E-state index in [2.05, 4.69) is 11.1 Å². The van der Waals surface area contributed by atoms with Gasteiger partial charge in [-0.15, -0.1) is 0 Å². The predicted molar refractivity (Wildman–Crippen MR) is 70.5 cm³/mol. The summed E-state index contributed by atoms with van der Waals surface area (Å²) < 4.78 is 0. The van der Waals surface area contributed by atoms with Crippen LogP contribution in [0.5, 0.6) is 0 Å². The van der Waals surface area contributed by atoms with Crippen LogP contribution in [-0.4, -0.2) is 16.1 Å². The fourth-order valence-electron chi connectivity index (χ4n) is 2.81. The zero-order chi connectivity index (χ0) is 13.8. The van der Waals surface area contributed by atoms with E-state index in [0.29, 0.717) is 11.5 Å². The highest BCUT2D eigenvalue weighted by atomic mass is 16.4. The summed E-state index contributed by atoms with van der Waals surface area (Å²) in [6.45, 7) is 1.96. The van der Waals surface area contributed by atoms with Crippen LogP contribution >= 0.6 is 0 Å². The van der Waals surface area contributed by atoms with Crippen molar-refractivity contribution in [3.63, 3.8) is 0 Å². The molecule has 1 fully saturated rings. The van der Waals surface area contributed by atoms with Gasteiger partial charge in [-0.3, -0.25) is 9.78 Å². The fraction of sp³-hybridized carbons (Fsp3) is 0.533. The van der Waals surface area contributed by atoms with E-state index in [1.807, 2.05) is 13.1 Å². The first-order chi connectivity index (χ1) is 9.11. The molecule has 2 rings (SSSR count). The van der Waals surface area contributed by atoms with Gasteiger partial charge in [0.15, 0.2) is 0 Å². The summed E-state index contributed by atoms with van der Waals surface area (Å²) in [5.74, 6) is -0.311. The number of carboxylic acids is 1. The minimum Gasteiger partial charge on any atom is -0.481 e. The van der Waals surface area contributed by atoms with E-state index >= 15 is 0 Å². The van der Waals surface area contributed by atoms with Crippen LogP contribution in [-0.2, 0) is 11.2 Å². The first-order valence-corrected chi connectivity index (χ1v) is 6.68. The van der Waals surface area contributed by atoms with Gasteiger partial charge in [-0.25, -0.2) is 0 Å². The maximum Gasteiger partial charge on any atom is 0.306 e.